The highest BCUT2D eigenvalue weighted by Gasteiger charge is 2.18. The van der Waals surface area contributed by atoms with Crippen LogP contribution in [0, 0.1) is 0 Å². The van der Waals surface area contributed by atoms with Crippen molar-refractivity contribution in [1.82, 2.24) is 9.55 Å². The Morgan fingerprint density at radius 2 is 1.08 bits per heavy atom. The number of oxazole rings is 1. The number of hydrogen-bond donors (Lipinski definition) is 0. The van der Waals surface area contributed by atoms with Crippen molar-refractivity contribution < 1.29 is 4.42 Å². The first kappa shape index (κ1) is 29.0. The van der Waals surface area contributed by atoms with Gasteiger partial charge in [-0.2, -0.15) is 0 Å². The third kappa shape index (κ3) is 4.96. The van der Waals surface area contributed by atoms with E-state index in [4.69, 9.17) is 9.40 Å². The van der Waals surface area contributed by atoms with Crippen molar-refractivity contribution in [2.24, 2.45) is 0 Å². The fraction of sp³-hybridized carbons (Fsp3) is 0. The Morgan fingerprint density at radius 1 is 0.431 bits per heavy atom. The van der Waals surface area contributed by atoms with Gasteiger partial charge in [0, 0.05) is 44.5 Å². The third-order valence-corrected chi connectivity index (χ3v) is 9.80. The summed E-state index contributed by atoms with van der Waals surface area (Å²) in [6, 6.07) is 66.3. The molecule has 0 N–H and O–H groups in total. The second kappa shape index (κ2) is 11.9. The molecule has 2 heterocycles. The maximum absolute atomic E-state index is 6.13. The second-order valence-electron chi connectivity index (χ2n) is 12.8. The van der Waals surface area contributed by atoms with Crippen LogP contribution in [0.15, 0.2) is 192 Å². The first-order valence-electron chi connectivity index (χ1n) is 17.2. The predicted molar refractivity (Wildman–Crippen MR) is 211 cm³/mol. The Kier molecular flexibility index (Phi) is 6.78. The molecule has 0 amide bonds. The molecule has 8 aromatic carbocycles. The van der Waals surface area contributed by atoms with Gasteiger partial charge in [-0.25, -0.2) is 4.98 Å². The van der Waals surface area contributed by atoms with Crippen LogP contribution in [-0.4, -0.2) is 9.55 Å². The van der Waals surface area contributed by atoms with Crippen LogP contribution in [0.4, 0.5) is 17.1 Å². The molecule has 0 aliphatic heterocycles. The van der Waals surface area contributed by atoms with Gasteiger partial charge < -0.3 is 13.9 Å². The number of anilines is 3. The van der Waals surface area contributed by atoms with Crippen molar-refractivity contribution in [3.05, 3.63) is 188 Å². The summed E-state index contributed by atoms with van der Waals surface area (Å²) in [7, 11) is 0. The Hall–Kier alpha value is -6.91. The molecule has 2 aromatic heterocycles. The lowest BCUT2D eigenvalue weighted by Crippen LogP contribution is -2.09. The van der Waals surface area contributed by atoms with Crippen LogP contribution in [0.2, 0.25) is 0 Å². The van der Waals surface area contributed by atoms with Crippen molar-refractivity contribution in [2.45, 2.75) is 0 Å². The number of hydrogen-bond acceptors (Lipinski definition) is 3. The van der Waals surface area contributed by atoms with Gasteiger partial charge in [0.15, 0.2) is 5.58 Å². The first-order chi connectivity index (χ1) is 25.3. The minimum absolute atomic E-state index is 0.641. The highest BCUT2D eigenvalue weighted by atomic mass is 16.3. The zero-order valence-electron chi connectivity index (χ0n) is 27.6. The van der Waals surface area contributed by atoms with E-state index in [1.165, 1.54) is 21.8 Å². The Labute approximate surface area is 295 Å². The molecule has 4 nitrogen and oxygen atoms in total. The van der Waals surface area contributed by atoms with Crippen LogP contribution in [0.25, 0.3) is 71.9 Å². The third-order valence-electron chi connectivity index (χ3n) is 9.80. The van der Waals surface area contributed by atoms with E-state index >= 15 is 0 Å². The number of rotatable bonds is 6. The molecule has 0 aliphatic carbocycles. The lowest BCUT2D eigenvalue weighted by atomic mass is 10.00. The highest BCUT2D eigenvalue weighted by Crippen LogP contribution is 2.40. The Morgan fingerprint density at radius 3 is 1.88 bits per heavy atom. The van der Waals surface area contributed by atoms with Crippen molar-refractivity contribution in [1.29, 1.82) is 0 Å². The van der Waals surface area contributed by atoms with E-state index in [2.05, 4.69) is 161 Å². The van der Waals surface area contributed by atoms with E-state index in [0.29, 0.717) is 5.89 Å². The Balaban J connectivity index is 1.04. The lowest BCUT2D eigenvalue weighted by molar-refractivity contribution is 0.620. The molecule has 0 bridgehead atoms. The average Bonchev–Trinajstić information content (AvgIpc) is 3.79. The van der Waals surface area contributed by atoms with E-state index in [0.717, 1.165) is 61.3 Å². The molecule has 0 fully saturated rings. The quantitative estimate of drug-likeness (QED) is 0.179. The normalized spacial score (nSPS) is 11.5. The molecule has 51 heavy (non-hydrogen) atoms. The number of para-hydroxylation sites is 3. The van der Waals surface area contributed by atoms with Crippen LogP contribution < -0.4 is 4.90 Å². The topological polar surface area (TPSA) is 34.2 Å². The molecule has 0 radical (unpaired) electrons. The van der Waals surface area contributed by atoms with Gasteiger partial charge in [0.05, 0.1) is 11.0 Å². The summed E-state index contributed by atoms with van der Waals surface area (Å²) >= 11 is 0. The molecule has 240 valence electrons. The van der Waals surface area contributed by atoms with Crippen molar-refractivity contribution in [2.75, 3.05) is 4.90 Å². The van der Waals surface area contributed by atoms with Gasteiger partial charge in [-0.3, -0.25) is 0 Å². The largest absolute Gasteiger partial charge is 0.436 e. The van der Waals surface area contributed by atoms with Crippen LogP contribution >= 0.6 is 0 Å². The summed E-state index contributed by atoms with van der Waals surface area (Å²) in [5, 5.41) is 4.67. The maximum Gasteiger partial charge on any atom is 0.227 e. The van der Waals surface area contributed by atoms with Gasteiger partial charge in [0.2, 0.25) is 5.89 Å². The van der Waals surface area contributed by atoms with E-state index in [-0.39, 0.29) is 0 Å². The number of nitrogens with zero attached hydrogens (tertiary/aromatic N) is 3. The van der Waals surface area contributed by atoms with E-state index in [1.807, 2.05) is 36.4 Å². The van der Waals surface area contributed by atoms with Crippen molar-refractivity contribution in [3.63, 3.8) is 0 Å². The fourth-order valence-corrected chi connectivity index (χ4v) is 7.39. The van der Waals surface area contributed by atoms with Crippen molar-refractivity contribution >= 4 is 60.7 Å². The average molecular weight is 654 g/mol. The maximum atomic E-state index is 6.13. The molecular weight excluding hydrogens is 623 g/mol. The molecule has 10 rings (SSSR count). The molecule has 4 heteroatoms. The summed E-state index contributed by atoms with van der Waals surface area (Å²) in [5.74, 6) is 0.641. The lowest BCUT2D eigenvalue weighted by Gasteiger charge is -2.26. The highest BCUT2D eigenvalue weighted by molar-refractivity contribution is 6.11. The number of aromatic nitrogens is 2. The van der Waals surface area contributed by atoms with Crippen molar-refractivity contribution in [3.8, 4) is 28.3 Å². The molecule has 0 saturated carbocycles. The van der Waals surface area contributed by atoms with E-state index < -0.39 is 0 Å². The van der Waals surface area contributed by atoms with Crippen LogP contribution in [0.5, 0.6) is 0 Å². The van der Waals surface area contributed by atoms with Crippen LogP contribution in [0.1, 0.15) is 0 Å². The van der Waals surface area contributed by atoms with Crippen LogP contribution in [-0.2, 0) is 0 Å². The summed E-state index contributed by atoms with van der Waals surface area (Å²) in [6.07, 6.45) is 0. The minimum atomic E-state index is 0.641. The van der Waals surface area contributed by atoms with E-state index in [1.54, 1.807) is 0 Å². The standard InChI is InChI=1S/C47H31N3O/c1-4-12-33(13-5-1)47-48-46-40-27-22-34(30-35(40)23-29-45(46)51-47)32-20-24-38(25-21-32)49(36-14-6-2-7-15-36)39-26-28-44-42(31-39)41-18-10-11-19-43(41)50(44)37-16-8-3-9-17-37/h1-31H. The molecule has 0 unspecified atom stereocenters. The number of fused-ring (bicyclic) bond motifs is 6. The first-order valence-corrected chi connectivity index (χ1v) is 17.2. The number of benzene rings is 8. The molecular formula is C47H31N3O. The fourth-order valence-electron chi connectivity index (χ4n) is 7.39. The van der Waals surface area contributed by atoms with Gasteiger partial charge in [-0.05, 0) is 101 Å². The van der Waals surface area contributed by atoms with Gasteiger partial charge in [-0.15, -0.1) is 0 Å². The smallest absolute Gasteiger partial charge is 0.227 e. The van der Waals surface area contributed by atoms with Gasteiger partial charge in [0.1, 0.15) is 5.52 Å². The molecule has 0 saturated heterocycles. The minimum Gasteiger partial charge on any atom is -0.436 e. The molecule has 0 spiro atoms. The second-order valence-corrected chi connectivity index (χ2v) is 12.8. The summed E-state index contributed by atoms with van der Waals surface area (Å²) in [5.41, 5.74) is 11.8. The van der Waals surface area contributed by atoms with Gasteiger partial charge >= 0.3 is 0 Å². The molecule has 0 atom stereocenters. The van der Waals surface area contributed by atoms with Gasteiger partial charge in [-0.1, -0.05) is 103 Å². The predicted octanol–water partition coefficient (Wildman–Crippen LogP) is 12.9. The zero-order valence-corrected chi connectivity index (χ0v) is 27.6. The zero-order chi connectivity index (χ0) is 33.7. The Bertz CT molecular complexity index is 2840. The summed E-state index contributed by atoms with van der Waals surface area (Å²) in [6.45, 7) is 0. The van der Waals surface area contributed by atoms with Crippen LogP contribution in [0.3, 0.4) is 0 Å². The van der Waals surface area contributed by atoms with E-state index in [9.17, 15) is 0 Å². The van der Waals surface area contributed by atoms with Gasteiger partial charge in [0.25, 0.3) is 0 Å². The summed E-state index contributed by atoms with van der Waals surface area (Å²) in [4.78, 5) is 7.22. The molecule has 10 aromatic rings. The monoisotopic (exact) mass is 653 g/mol. The molecule has 0 aliphatic rings. The summed E-state index contributed by atoms with van der Waals surface area (Å²) < 4.78 is 8.49. The SMILES string of the molecule is c1ccc(-c2nc3c(ccc4cc(-c5ccc(N(c6ccccc6)c6ccc7c(c6)c6ccccc6n7-c6ccccc6)cc5)ccc43)o2)cc1.